The van der Waals surface area contributed by atoms with Gasteiger partial charge in [0, 0.05) is 31.0 Å². The lowest BCUT2D eigenvalue weighted by atomic mass is 10.1. The van der Waals surface area contributed by atoms with Crippen molar-refractivity contribution in [3.8, 4) is 11.6 Å². The summed E-state index contributed by atoms with van der Waals surface area (Å²) in [5, 5.41) is 5.37. The maximum atomic E-state index is 14.3. The Morgan fingerprint density at radius 1 is 1.13 bits per heavy atom. The van der Waals surface area contributed by atoms with Gasteiger partial charge in [-0.2, -0.15) is 13.2 Å². The summed E-state index contributed by atoms with van der Waals surface area (Å²) in [5.41, 5.74) is -4.60. The fraction of sp³-hybridized carbons (Fsp3) is 0.559. The molecule has 2 aliphatic carbocycles. The molecule has 2 saturated carbocycles. The molecule has 3 aliphatic rings. The van der Waals surface area contributed by atoms with Crippen LogP contribution in [0.2, 0.25) is 0 Å². The summed E-state index contributed by atoms with van der Waals surface area (Å²) in [6.45, 7) is 6.07. The summed E-state index contributed by atoms with van der Waals surface area (Å²) in [6, 6.07) is 3.86. The number of rotatable bonds is 14. The minimum atomic E-state index is -4.94. The van der Waals surface area contributed by atoms with Gasteiger partial charge >= 0.3 is 12.3 Å². The summed E-state index contributed by atoms with van der Waals surface area (Å²) in [4.78, 5) is 59.9. The number of nitrogens with one attached hydrogen (secondary N) is 3. The van der Waals surface area contributed by atoms with Crippen molar-refractivity contribution < 1.29 is 59.7 Å². The van der Waals surface area contributed by atoms with Crippen LogP contribution in [0.1, 0.15) is 46.5 Å². The third kappa shape index (κ3) is 8.30. The van der Waals surface area contributed by atoms with E-state index in [2.05, 4.69) is 31.7 Å². The number of likely N-dealkylation sites (tertiary alicyclic amines) is 1. The summed E-state index contributed by atoms with van der Waals surface area (Å²) in [7, 11) is -1.27. The van der Waals surface area contributed by atoms with E-state index in [-0.39, 0.29) is 25.3 Å². The number of alkyl carbamates (subject to hydrolysis) is 1. The summed E-state index contributed by atoms with van der Waals surface area (Å²) in [6.07, 6.45) is -5.00. The van der Waals surface area contributed by atoms with Gasteiger partial charge in [0.25, 0.3) is 5.91 Å². The molecule has 0 unspecified atom stereocenters. The molecule has 1 aromatic heterocycles. The number of methoxy groups -OCH3 is 2. The molecule has 2 heterocycles. The first-order valence-corrected chi connectivity index (χ1v) is 18.3. The summed E-state index contributed by atoms with van der Waals surface area (Å²) < 4.78 is 89.3. The second kappa shape index (κ2) is 14.6. The van der Waals surface area contributed by atoms with Crippen LogP contribution in [0.25, 0.3) is 10.8 Å². The molecule has 1 saturated heterocycles. The summed E-state index contributed by atoms with van der Waals surface area (Å²) >= 11 is 0. The first-order valence-electron chi connectivity index (χ1n) is 16.8. The van der Waals surface area contributed by atoms with Gasteiger partial charge < -0.3 is 34.5 Å². The number of halogens is 3. The molecule has 5 rings (SSSR count). The van der Waals surface area contributed by atoms with Gasteiger partial charge in [-0.05, 0) is 69.7 Å². The molecular weight excluding hydrogens is 727 g/mol. The number of aromatic nitrogens is 1. The van der Waals surface area contributed by atoms with Crippen LogP contribution in [0.15, 0.2) is 43.1 Å². The Hall–Kier alpha value is -4.65. The average Bonchev–Trinajstić information content (AvgIpc) is 4.02. The maximum absolute atomic E-state index is 14.3. The van der Waals surface area contributed by atoms with Gasteiger partial charge in [-0.1, -0.05) is 6.08 Å². The predicted octanol–water partition coefficient (Wildman–Crippen LogP) is 2.73. The molecule has 3 fully saturated rings. The standard InChI is InChI=1S/C34H42F3N5O10S/c1-7-20-16-33(20,30(45)41-53(47,48)23-9-10-23)40-27(43)25-15-22(51-28-24-11-8-21(50-6)14-19(24)12-13-38-28)17-42(25)29(44)26(18(2)49-5)39-31(46)52-32(3,4)34(35,36)37/h7-8,11-14,18,20,22-23,25-26H,1,9-10,15-17H2,2-6H3,(H,39,46)(H,40,43)(H,41,45)/t18-,20+,22+,25-,26-,33+/m0/s1. The quantitative estimate of drug-likeness (QED) is 0.240. The lowest BCUT2D eigenvalue weighted by Crippen LogP contribution is -2.60. The summed E-state index contributed by atoms with van der Waals surface area (Å²) in [5.74, 6) is -2.64. The highest BCUT2D eigenvalue weighted by atomic mass is 32.2. The maximum Gasteiger partial charge on any atom is 0.427 e. The van der Waals surface area contributed by atoms with E-state index in [0.29, 0.717) is 43.2 Å². The van der Waals surface area contributed by atoms with E-state index in [9.17, 15) is 40.8 Å². The minimum absolute atomic E-state index is 0.0317. The number of carbonyl (C=O) groups excluding carboxylic acids is 4. The SMILES string of the molecule is C=C[C@@H]1C[C@]1(NC(=O)[C@@H]1C[C@@H](Oc2nccc3cc(OC)ccc23)CN1C(=O)[C@@H](NC(=O)OC(C)(C)C(F)(F)F)[C@H](C)OC)C(=O)NS(=O)(=O)C1CC1. The molecule has 0 bridgehead atoms. The van der Waals surface area contributed by atoms with Gasteiger partial charge in [-0.15, -0.1) is 6.58 Å². The number of carbonyl (C=O) groups is 4. The van der Waals surface area contributed by atoms with E-state index in [4.69, 9.17) is 14.2 Å². The highest BCUT2D eigenvalue weighted by molar-refractivity contribution is 7.91. The van der Waals surface area contributed by atoms with Crippen LogP contribution in [0.5, 0.6) is 11.6 Å². The molecule has 2 aromatic rings. The molecule has 1 aliphatic heterocycles. The van der Waals surface area contributed by atoms with Gasteiger partial charge in [0.2, 0.25) is 33.3 Å². The van der Waals surface area contributed by atoms with E-state index in [0.717, 1.165) is 4.90 Å². The Kier molecular flexibility index (Phi) is 10.9. The van der Waals surface area contributed by atoms with Gasteiger partial charge in [-0.3, -0.25) is 19.1 Å². The number of pyridine rings is 1. The smallest absolute Gasteiger partial charge is 0.427 e. The first kappa shape index (κ1) is 39.6. The molecule has 0 radical (unpaired) electrons. The third-order valence-electron chi connectivity index (χ3n) is 9.72. The van der Waals surface area contributed by atoms with Crippen molar-refractivity contribution in [1.82, 2.24) is 25.2 Å². The van der Waals surface area contributed by atoms with Crippen LogP contribution >= 0.6 is 0 Å². The van der Waals surface area contributed by atoms with Crippen molar-refractivity contribution in [2.24, 2.45) is 5.92 Å². The van der Waals surface area contributed by atoms with Crippen molar-refractivity contribution in [3.05, 3.63) is 43.1 Å². The average molecular weight is 770 g/mol. The minimum Gasteiger partial charge on any atom is -0.497 e. The van der Waals surface area contributed by atoms with Crippen molar-refractivity contribution >= 4 is 44.6 Å². The lowest BCUT2D eigenvalue weighted by molar-refractivity contribution is -0.244. The van der Waals surface area contributed by atoms with E-state index in [1.54, 1.807) is 24.3 Å². The molecule has 3 N–H and O–H groups in total. The molecule has 0 spiro atoms. The lowest BCUT2D eigenvalue weighted by Gasteiger charge is -2.33. The van der Waals surface area contributed by atoms with Crippen molar-refractivity contribution in [3.63, 3.8) is 0 Å². The van der Waals surface area contributed by atoms with Gasteiger partial charge in [-0.25, -0.2) is 18.2 Å². The number of ether oxygens (including phenoxy) is 4. The zero-order valence-corrected chi connectivity index (χ0v) is 30.5. The van der Waals surface area contributed by atoms with E-state index < -0.39 is 86.6 Å². The molecule has 6 atom stereocenters. The largest absolute Gasteiger partial charge is 0.497 e. The van der Waals surface area contributed by atoms with Gasteiger partial charge in [0.05, 0.1) is 25.0 Å². The van der Waals surface area contributed by atoms with E-state index in [1.165, 1.54) is 33.4 Å². The molecule has 4 amide bonds. The molecule has 290 valence electrons. The highest BCUT2D eigenvalue weighted by Gasteiger charge is 2.62. The second-order valence-corrected chi connectivity index (χ2v) is 15.8. The third-order valence-corrected chi connectivity index (χ3v) is 11.5. The zero-order valence-electron chi connectivity index (χ0n) is 29.7. The Labute approximate surface area is 304 Å². The second-order valence-electron chi connectivity index (χ2n) is 13.8. The number of nitrogens with zero attached hydrogens (tertiary/aromatic N) is 2. The van der Waals surface area contributed by atoms with Crippen LogP contribution in [-0.4, -0.2) is 110 Å². The first-order chi connectivity index (χ1) is 24.8. The molecule has 19 heteroatoms. The Balaban J connectivity index is 1.44. The topological polar surface area (TPSA) is 192 Å². The van der Waals surface area contributed by atoms with Crippen molar-refractivity contribution in [1.29, 1.82) is 0 Å². The molecule has 1 aromatic carbocycles. The molecule has 53 heavy (non-hydrogen) atoms. The van der Waals surface area contributed by atoms with Crippen LogP contribution in [0, 0.1) is 5.92 Å². The van der Waals surface area contributed by atoms with Crippen molar-refractivity contribution in [2.75, 3.05) is 20.8 Å². The number of benzene rings is 1. The van der Waals surface area contributed by atoms with Gasteiger partial charge in [0.1, 0.15) is 29.5 Å². The highest BCUT2D eigenvalue weighted by Crippen LogP contribution is 2.45. The number of amides is 4. The normalized spacial score (nSPS) is 24.1. The van der Waals surface area contributed by atoms with Crippen LogP contribution in [0.4, 0.5) is 18.0 Å². The fourth-order valence-electron chi connectivity index (χ4n) is 6.04. The Bertz CT molecular complexity index is 1890. The zero-order chi connectivity index (χ0) is 39.1. The Morgan fingerprint density at radius 3 is 2.42 bits per heavy atom. The van der Waals surface area contributed by atoms with Crippen LogP contribution in [-0.2, 0) is 33.9 Å². The number of sulfonamides is 1. The number of fused-ring (bicyclic) bond motifs is 1. The monoisotopic (exact) mass is 769 g/mol. The van der Waals surface area contributed by atoms with Crippen molar-refractivity contribution in [2.45, 2.75) is 93.3 Å². The molecular formula is C34H42F3N5O10S. The predicted molar refractivity (Wildman–Crippen MR) is 182 cm³/mol. The Morgan fingerprint density at radius 2 is 1.83 bits per heavy atom. The number of alkyl halides is 3. The fourth-order valence-corrected chi connectivity index (χ4v) is 7.41. The molecule has 15 nitrogen and oxygen atoms in total. The number of hydrogen-bond donors (Lipinski definition) is 3. The van der Waals surface area contributed by atoms with Crippen LogP contribution < -0.4 is 24.8 Å². The van der Waals surface area contributed by atoms with E-state index >= 15 is 0 Å². The van der Waals surface area contributed by atoms with Crippen LogP contribution in [0.3, 0.4) is 0 Å². The van der Waals surface area contributed by atoms with Gasteiger partial charge in [0.15, 0.2) is 0 Å². The number of hydrogen-bond acceptors (Lipinski definition) is 11. The van der Waals surface area contributed by atoms with E-state index in [1.807, 2.05) is 0 Å².